The Hall–Kier alpha value is -0.170. The maximum atomic E-state index is 12.6. The summed E-state index contributed by atoms with van der Waals surface area (Å²) in [6.45, 7) is 7.94. The summed E-state index contributed by atoms with van der Waals surface area (Å²) in [7, 11) is -3.04. The Morgan fingerprint density at radius 2 is 1.41 bits per heavy atom. The van der Waals surface area contributed by atoms with Gasteiger partial charge in [-0.1, -0.05) is 6.42 Å². The predicted molar refractivity (Wildman–Crippen MR) is 89.5 cm³/mol. The van der Waals surface area contributed by atoms with E-state index in [0.717, 1.165) is 52.0 Å². The third kappa shape index (κ3) is 4.02. The van der Waals surface area contributed by atoms with Gasteiger partial charge in [0.05, 0.1) is 5.25 Å². The van der Waals surface area contributed by atoms with Crippen molar-refractivity contribution in [2.24, 2.45) is 0 Å². The van der Waals surface area contributed by atoms with Gasteiger partial charge in [-0.2, -0.15) is 0 Å². The first-order chi connectivity index (χ1) is 10.7. The Kier molecular flexibility index (Phi) is 5.76. The molecule has 3 heterocycles. The van der Waals surface area contributed by atoms with Crippen molar-refractivity contribution in [1.82, 2.24) is 14.1 Å². The van der Waals surface area contributed by atoms with Crippen molar-refractivity contribution in [3.05, 3.63) is 0 Å². The van der Waals surface area contributed by atoms with Crippen LogP contribution >= 0.6 is 0 Å². The van der Waals surface area contributed by atoms with Gasteiger partial charge in [0.2, 0.25) is 10.0 Å². The Morgan fingerprint density at radius 1 is 0.773 bits per heavy atom. The average Bonchev–Trinajstić information content (AvgIpc) is 3.20. The lowest BCUT2D eigenvalue weighted by atomic mass is 10.1. The average molecular weight is 330 g/mol. The molecular weight excluding hydrogens is 298 g/mol. The van der Waals surface area contributed by atoms with Gasteiger partial charge in [0.25, 0.3) is 0 Å². The lowest BCUT2D eigenvalue weighted by Gasteiger charge is -2.27. The highest BCUT2D eigenvalue weighted by molar-refractivity contribution is 7.89. The van der Waals surface area contributed by atoms with E-state index in [2.05, 4.69) is 9.80 Å². The highest BCUT2D eigenvalue weighted by Gasteiger charge is 2.37. The van der Waals surface area contributed by atoms with Gasteiger partial charge >= 0.3 is 0 Å². The molecule has 0 amide bonds. The van der Waals surface area contributed by atoms with Crippen molar-refractivity contribution in [2.75, 3.05) is 52.4 Å². The molecule has 0 spiro atoms. The fourth-order valence-corrected chi connectivity index (χ4v) is 6.09. The van der Waals surface area contributed by atoms with Gasteiger partial charge in [-0.25, -0.2) is 12.7 Å². The minimum atomic E-state index is -3.04. The highest BCUT2D eigenvalue weighted by atomic mass is 32.2. The summed E-state index contributed by atoms with van der Waals surface area (Å²) in [6.07, 6.45) is 8.15. The number of hydrogen-bond acceptors (Lipinski definition) is 4. The molecule has 0 aromatic rings. The fraction of sp³-hybridized carbons (Fsp3) is 1.00. The van der Waals surface area contributed by atoms with Gasteiger partial charge in [-0.15, -0.1) is 0 Å². The highest BCUT2D eigenvalue weighted by Crippen LogP contribution is 2.23. The molecule has 0 aromatic carbocycles. The molecule has 3 fully saturated rings. The smallest absolute Gasteiger partial charge is 0.218 e. The summed E-state index contributed by atoms with van der Waals surface area (Å²) in [6, 6.07) is 0. The summed E-state index contributed by atoms with van der Waals surface area (Å²) in [4.78, 5) is 4.93. The number of hydrogen-bond donors (Lipinski definition) is 0. The van der Waals surface area contributed by atoms with Crippen LogP contribution in [0.15, 0.2) is 0 Å². The van der Waals surface area contributed by atoms with Crippen LogP contribution < -0.4 is 0 Å². The standard InChI is InChI=1S/C16H31N3O2S/c20-22(21,19-12-4-5-13-19)16-7-14-18(15-16)11-6-10-17-8-2-1-3-9-17/h16H,1-15H2. The van der Waals surface area contributed by atoms with E-state index < -0.39 is 10.0 Å². The largest absolute Gasteiger partial charge is 0.303 e. The Balaban J connectivity index is 1.40. The van der Waals surface area contributed by atoms with Crippen LogP contribution in [0, 0.1) is 0 Å². The van der Waals surface area contributed by atoms with Gasteiger partial charge < -0.3 is 9.80 Å². The van der Waals surface area contributed by atoms with Crippen LogP contribution in [-0.2, 0) is 10.0 Å². The zero-order valence-electron chi connectivity index (χ0n) is 13.8. The molecule has 3 saturated heterocycles. The summed E-state index contributed by atoms with van der Waals surface area (Å²) >= 11 is 0. The summed E-state index contributed by atoms with van der Waals surface area (Å²) < 4.78 is 26.9. The lowest BCUT2D eigenvalue weighted by Crippen LogP contribution is -2.39. The molecule has 128 valence electrons. The first kappa shape index (κ1) is 16.7. The first-order valence-corrected chi connectivity index (χ1v) is 10.6. The molecule has 3 rings (SSSR count). The van der Waals surface area contributed by atoms with Gasteiger partial charge in [-0.05, 0) is 71.2 Å². The van der Waals surface area contributed by atoms with Crippen molar-refractivity contribution in [2.45, 2.75) is 50.2 Å². The Bertz CT molecular complexity index is 442. The molecule has 1 atom stereocenters. The van der Waals surface area contributed by atoms with Crippen molar-refractivity contribution < 1.29 is 8.42 Å². The van der Waals surface area contributed by atoms with Gasteiger partial charge in [-0.3, -0.25) is 0 Å². The normalized spacial score (nSPS) is 29.4. The summed E-state index contributed by atoms with van der Waals surface area (Å²) in [5.74, 6) is 0. The molecule has 0 aliphatic carbocycles. The fourth-order valence-electron chi connectivity index (χ4n) is 4.10. The minimum absolute atomic E-state index is 0.152. The summed E-state index contributed by atoms with van der Waals surface area (Å²) in [5.41, 5.74) is 0. The molecule has 3 aliphatic heterocycles. The van der Waals surface area contributed by atoms with E-state index in [4.69, 9.17) is 0 Å². The second kappa shape index (κ2) is 7.60. The molecular formula is C16H31N3O2S. The van der Waals surface area contributed by atoms with Crippen molar-refractivity contribution in [3.63, 3.8) is 0 Å². The van der Waals surface area contributed by atoms with Crippen molar-refractivity contribution in [3.8, 4) is 0 Å². The third-order valence-electron chi connectivity index (χ3n) is 5.47. The third-order valence-corrected chi connectivity index (χ3v) is 7.78. The second-order valence-corrected chi connectivity index (χ2v) is 9.33. The molecule has 22 heavy (non-hydrogen) atoms. The maximum absolute atomic E-state index is 12.6. The van der Waals surface area contributed by atoms with Gasteiger partial charge in [0.1, 0.15) is 0 Å². The van der Waals surface area contributed by atoms with E-state index in [9.17, 15) is 8.42 Å². The monoisotopic (exact) mass is 329 g/mol. The van der Waals surface area contributed by atoms with Crippen LogP contribution in [0.3, 0.4) is 0 Å². The SMILES string of the molecule is O=S(=O)(C1CCN(CCCN2CCCCC2)C1)N1CCCC1. The van der Waals surface area contributed by atoms with E-state index in [1.165, 1.54) is 45.3 Å². The number of piperidine rings is 1. The second-order valence-electron chi connectivity index (χ2n) is 7.12. The molecule has 5 nitrogen and oxygen atoms in total. The van der Waals surface area contributed by atoms with Crippen LogP contribution in [0.25, 0.3) is 0 Å². The van der Waals surface area contributed by atoms with Crippen LogP contribution in [0.4, 0.5) is 0 Å². The molecule has 0 N–H and O–H groups in total. The van der Waals surface area contributed by atoms with Crippen LogP contribution in [0.2, 0.25) is 0 Å². The first-order valence-electron chi connectivity index (χ1n) is 9.10. The molecule has 6 heteroatoms. The molecule has 1 unspecified atom stereocenters. The van der Waals surface area contributed by atoms with Crippen LogP contribution in [-0.4, -0.2) is 80.1 Å². The van der Waals surface area contributed by atoms with Crippen LogP contribution in [0.1, 0.15) is 44.9 Å². The van der Waals surface area contributed by atoms with E-state index in [1.807, 2.05) is 0 Å². The number of rotatable bonds is 6. The molecule has 0 bridgehead atoms. The summed E-state index contributed by atoms with van der Waals surface area (Å²) in [5, 5.41) is -0.152. The van der Waals surface area contributed by atoms with Crippen molar-refractivity contribution >= 4 is 10.0 Å². The molecule has 0 saturated carbocycles. The van der Waals surface area contributed by atoms with Crippen molar-refractivity contribution in [1.29, 1.82) is 0 Å². The van der Waals surface area contributed by atoms with Gasteiger partial charge in [0.15, 0.2) is 0 Å². The number of sulfonamides is 1. The topological polar surface area (TPSA) is 43.9 Å². The molecule has 0 radical (unpaired) electrons. The molecule has 3 aliphatic rings. The van der Waals surface area contributed by atoms with Gasteiger partial charge in [0, 0.05) is 19.6 Å². The molecule has 0 aromatic heterocycles. The predicted octanol–water partition coefficient (Wildman–Crippen LogP) is 1.36. The van der Waals surface area contributed by atoms with E-state index in [1.54, 1.807) is 4.31 Å². The van der Waals surface area contributed by atoms with E-state index in [-0.39, 0.29) is 5.25 Å². The van der Waals surface area contributed by atoms with Crippen LogP contribution in [0.5, 0.6) is 0 Å². The lowest BCUT2D eigenvalue weighted by molar-refractivity contribution is 0.212. The Labute approximate surface area is 135 Å². The minimum Gasteiger partial charge on any atom is -0.303 e. The number of nitrogens with zero attached hydrogens (tertiary/aromatic N) is 3. The maximum Gasteiger partial charge on any atom is 0.218 e. The number of likely N-dealkylation sites (tertiary alicyclic amines) is 2. The zero-order chi connectivity index (χ0) is 15.4. The quantitative estimate of drug-likeness (QED) is 0.738. The van der Waals surface area contributed by atoms with E-state index >= 15 is 0 Å². The van der Waals surface area contributed by atoms with E-state index in [0.29, 0.717) is 0 Å². The zero-order valence-corrected chi connectivity index (χ0v) is 14.6. The Morgan fingerprint density at radius 3 is 2.14 bits per heavy atom.